The summed E-state index contributed by atoms with van der Waals surface area (Å²) in [7, 11) is 0. The van der Waals surface area contributed by atoms with Crippen LogP contribution in [0.15, 0.2) is 146 Å². The first-order chi connectivity index (χ1) is 32.8. The molecule has 0 fully saturated rings. The van der Waals surface area contributed by atoms with E-state index in [1.54, 1.807) is 103 Å². The number of fused-ring (bicyclic) bond motifs is 3. The molecule has 0 bridgehead atoms. The van der Waals surface area contributed by atoms with Crippen LogP contribution in [0.4, 0.5) is 0 Å². The van der Waals surface area contributed by atoms with Gasteiger partial charge in [-0.05, 0) is 117 Å². The molecule has 10 N–H and O–H groups in total. The van der Waals surface area contributed by atoms with Crippen molar-refractivity contribution < 1.29 is 60.5 Å². The van der Waals surface area contributed by atoms with Gasteiger partial charge in [0.05, 0.1) is 11.8 Å². The van der Waals surface area contributed by atoms with Crippen molar-refractivity contribution in [3.05, 3.63) is 212 Å². The van der Waals surface area contributed by atoms with Gasteiger partial charge in [-0.3, -0.25) is 0 Å². The number of hydrogen-bond donors (Lipinski definition) is 10. The topological polar surface area (TPSA) is 221 Å². The van der Waals surface area contributed by atoms with Crippen LogP contribution in [-0.2, 0) is 0 Å². The molecule has 4 aliphatic rings. The van der Waals surface area contributed by atoms with E-state index in [1.165, 1.54) is 30.3 Å². The molecule has 2 aliphatic heterocycles. The highest BCUT2D eigenvalue weighted by Crippen LogP contribution is 2.72. The molecule has 8 aromatic carbocycles. The Bertz CT molecular complexity index is 3310. The zero-order chi connectivity index (χ0) is 46.9. The van der Waals surface area contributed by atoms with Gasteiger partial charge in [-0.2, -0.15) is 0 Å². The van der Waals surface area contributed by atoms with Crippen molar-refractivity contribution in [1.82, 2.24) is 0 Å². The van der Waals surface area contributed by atoms with Crippen LogP contribution in [0.2, 0.25) is 0 Å². The molecule has 0 spiro atoms. The molecule has 12 heteroatoms. The molecule has 12 rings (SSSR count). The Morgan fingerprint density at radius 1 is 0.265 bits per heavy atom. The van der Waals surface area contributed by atoms with Crippen LogP contribution in [-0.4, -0.2) is 51.1 Å². The molecular formula is C56H42O12. The molecule has 0 radical (unpaired) electrons. The molecule has 0 aromatic heterocycles. The minimum absolute atomic E-state index is 0.0105. The maximum absolute atomic E-state index is 12.8. The number of hydrogen-bond acceptors (Lipinski definition) is 12. The fourth-order valence-electron chi connectivity index (χ4n) is 12.0. The van der Waals surface area contributed by atoms with Crippen molar-refractivity contribution in [2.24, 2.45) is 0 Å². The first kappa shape index (κ1) is 40.8. The molecule has 0 saturated carbocycles. The second-order valence-corrected chi connectivity index (χ2v) is 18.2. The molecule has 0 saturated heterocycles. The lowest BCUT2D eigenvalue weighted by molar-refractivity contribution is 0.221. The summed E-state index contributed by atoms with van der Waals surface area (Å²) >= 11 is 0. The second-order valence-electron chi connectivity index (χ2n) is 18.2. The maximum Gasteiger partial charge on any atom is 0.135 e. The fourth-order valence-corrected chi connectivity index (χ4v) is 12.0. The smallest absolute Gasteiger partial charge is 0.135 e. The lowest BCUT2D eigenvalue weighted by Crippen LogP contribution is -2.21. The van der Waals surface area contributed by atoms with E-state index in [9.17, 15) is 51.1 Å². The van der Waals surface area contributed by atoms with Crippen molar-refractivity contribution in [2.75, 3.05) is 0 Å². The van der Waals surface area contributed by atoms with Gasteiger partial charge in [-0.25, -0.2) is 0 Å². The summed E-state index contributed by atoms with van der Waals surface area (Å²) in [6, 6.07) is 38.6. The van der Waals surface area contributed by atoms with E-state index in [-0.39, 0.29) is 57.5 Å². The molecule has 0 amide bonds. The Balaban J connectivity index is 1.20. The van der Waals surface area contributed by atoms with Gasteiger partial charge in [0.1, 0.15) is 81.2 Å². The Morgan fingerprint density at radius 2 is 0.706 bits per heavy atom. The predicted octanol–water partition coefficient (Wildman–Crippen LogP) is 10.4. The standard InChI is InChI=1S/C56H42O12/c57-30-9-1-25(2-10-30)44-47-38(20-36(63)22-40(47)65)50-52-43(68-56(50)28-7-15-33(60)16-8-28)24-41(66)51-49(45(53(44)54(51)52)26-3-11-31(58)12-4-26)39-21-37(64)23-42-48(39)46(29-17-34(61)19-35(62)18-29)55(67-42)27-5-13-32(59)14-6-27/h1-24,44-46,49-50,53,55-66H/t44-,45-,46+,49+,50+,53+,55-,56-/m1/s1. The summed E-state index contributed by atoms with van der Waals surface area (Å²) in [4.78, 5) is 0. The number of rotatable bonds is 6. The quantitative estimate of drug-likeness (QED) is 0.0753. The van der Waals surface area contributed by atoms with Crippen LogP contribution >= 0.6 is 0 Å². The Hall–Kier alpha value is -8.64. The SMILES string of the molecule is Oc1ccc([C@@H]2c3c(O)cc(O)cc3[C@H]3c4c(cc(O)c5c4[C@@H]2[C@H](c2ccc(O)cc2)[C@@H]5c2cc(O)cc4c2[C@H](c2cc(O)cc(O)c2)[C@@H](c2ccc(O)cc2)O4)O[C@@H]3c2ccc(O)cc2)cc1. The number of aromatic hydroxyl groups is 10. The van der Waals surface area contributed by atoms with E-state index in [2.05, 4.69) is 0 Å². The van der Waals surface area contributed by atoms with Crippen LogP contribution < -0.4 is 9.47 Å². The third-order valence-corrected chi connectivity index (χ3v) is 14.4. The van der Waals surface area contributed by atoms with Crippen LogP contribution in [0.5, 0.6) is 69.0 Å². The van der Waals surface area contributed by atoms with Gasteiger partial charge >= 0.3 is 0 Å². The van der Waals surface area contributed by atoms with E-state index in [0.29, 0.717) is 72.7 Å². The monoisotopic (exact) mass is 906 g/mol. The highest BCUT2D eigenvalue weighted by molar-refractivity contribution is 5.74. The minimum atomic E-state index is -0.838. The maximum atomic E-state index is 12.8. The first-order valence-corrected chi connectivity index (χ1v) is 22.2. The summed E-state index contributed by atoms with van der Waals surface area (Å²) in [5, 5.41) is 112. The van der Waals surface area contributed by atoms with E-state index in [4.69, 9.17) is 9.47 Å². The average molecular weight is 907 g/mol. The zero-order valence-electron chi connectivity index (χ0n) is 35.8. The Kier molecular flexibility index (Phi) is 8.97. The van der Waals surface area contributed by atoms with Crippen molar-refractivity contribution in [3.8, 4) is 69.0 Å². The van der Waals surface area contributed by atoms with Crippen molar-refractivity contribution in [1.29, 1.82) is 0 Å². The van der Waals surface area contributed by atoms with Crippen molar-refractivity contribution in [3.63, 3.8) is 0 Å². The minimum Gasteiger partial charge on any atom is -0.508 e. The summed E-state index contributed by atoms with van der Waals surface area (Å²) in [5.74, 6) is -4.72. The molecule has 0 unspecified atom stereocenters. The number of phenols is 10. The third-order valence-electron chi connectivity index (χ3n) is 14.4. The number of phenolic OH excluding ortho intramolecular Hbond substituents is 10. The normalized spacial score (nSPS) is 22.6. The van der Waals surface area contributed by atoms with Gasteiger partial charge in [0, 0.05) is 70.2 Å². The fraction of sp³-hybridized carbons (Fsp3) is 0.143. The molecular weight excluding hydrogens is 865 g/mol. The lowest BCUT2D eigenvalue weighted by atomic mass is 9.68. The highest BCUT2D eigenvalue weighted by Gasteiger charge is 2.57. The highest BCUT2D eigenvalue weighted by atomic mass is 16.5. The van der Waals surface area contributed by atoms with E-state index in [0.717, 1.165) is 5.56 Å². The van der Waals surface area contributed by atoms with Crippen LogP contribution in [0.3, 0.4) is 0 Å². The molecule has 338 valence electrons. The molecule has 8 aromatic rings. The van der Waals surface area contributed by atoms with E-state index in [1.807, 2.05) is 12.1 Å². The molecule has 68 heavy (non-hydrogen) atoms. The van der Waals surface area contributed by atoms with Crippen molar-refractivity contribution >= 4 is 0 Å². The Labute approximate surface area is 388 Å². The van der Waals surface area contributed by atoms with Crippen LogP contribution in [0.25, 0.3) is 0 Å². The zero-order valence-corrected chi connectivity index (χ0v) is 35.8. The molecule has 12 nitrogen and oxygen atoms in total. The second kappa shape index (κ2) is 14.9. The molecule has 2 heterocycles. The van der Waals surface area contributed by atoms with E-state index >= 15 is 0 Å². The predicted molar refractivity (Wildman–Crippen MR) is 248 cm³/mol. The summed E-state index contributed by atoms with van der Waals surface area (Å²) in [6.07, 6.45) is -1.59. The molecule has 8 atom stereocenters. The summed E-state index contributed by atoms with van der Waals surface area (Å²) in [5.41, 5.74) is 7.26. The van der Waals surface area contributed by atoms with Gasteiger partial charge in [0.2, 0.25) is 0 Å². The van der Waals surface area contributed by atoms with Crippen LogP contribution in [0, 0.1) is 0 Å². The van der Waals surface area contributed by atoms with Gasteiger partial charge < -0.3 is 60.5 Å². The number of ether oxygens (including phenoxy) is 2. The lowest BCUT2D eigenvalue weighted by Gasteiger charge is -2.35. The van der Waals surface area contributed by atoms with Gasteiger partial charge in [0.25, 0.3) is 0 Å². The van der Waals surface area contributed by atoms with Crippen LogP contribution in [0.1, 0.15) is 114 Å². The summed E-state index contributed by atoms with van der Waals surface area (Å²) < 4.78 is 13.7. The van der Waals surface area contributed by atoms with Gasteiger partial charge in [-0.1, -0.05) is 48.5 Å². The summed E-state index contributed by atoms with van der Waals surface area (Å²) in [6.45, 7) is 0. The average Bonchev–Trinajstić information content (AvgIpc) is 3.96. The Morgan fingerprint density at radius 3 is 1.26 bits per heavy atom. The molecule has 2 aliphatic carbocycles. The van der Waals surface area contributed by atoms with Gasteiger partial charge in [0.15, 0.2) is 0 Å². The third kappa shape index (κ3) is 6.20. The number of benzene rings is 8. The first-order valence-electron chi connectivity index (χ1n) is 22.2. The van der Waals surface area contributed by atoms with Gasteiger partial charge in [-0.15, -0.1) is 0 Å². The van der Waals surface area contributed by atoms with E-state index < -0.39 is 47.7 Å². The largest absolute Gasteiger partial charge is 0.508 e. The van der Waals surface area contributed by atoms with Crippen molar-refractivity contribution in [2.45, 2.75) is 47.7 Å².